The molecule has 9 heteroatoms. The third kappa shape index (κ3) is 3.60. The monoisotopic (exact) mass is 350 g/mol. The van der Waals surface area contributed by atoms with Crippen molar-refractivity contribution in [1.82, 2.24) is 0 Å². The zero-order chi connectivity index (χ0) is 17.4. The highest BCUT2D eigenvalue weighted by Crippen LogP contribution is 2.33. The Kier molecular flexibility index (Phi) is 4.61. The molecule has 2 rings (SSSR count). The molecule has 1 fully saturated rings. The highest BCUT2D eigenvalue weighted by molar-refractivity contribution is 7.93. The summed E-state index contributed by atoms with van der Waals surface area (Å²) in [6, 6.07) is 2.85. The molecule has 1 aliphatic heterocycles. The Labute approximate surface area is 132 Å². The van der Waals surface area contributed by atoms with Crippen molar-refractivity contribution in [3.05, 3.63) is 23.3 Å². The molecular formula is C14H17F3N2O3S. The molecule has 1 aliphatic rings. The van der Waals surface area contributed by atoms with Crippen LogP contribution in [0.15, 0.2) is 12.1 Å². The topological polar surface area (TPSA) is 66.5 Å². The van der Waals surface area contributed by atoms with Gasteiger partial charge in [0.1, 0.15) is 0 Å². The number of carbonyl (C=O) groups is 1. The van der Waals surface area contributed by atoms with Crippen LogP contribution in [0.2, 0.25) is 0 Å². The number of nitrogens with zero attached hydrogens (tertiary/aromatic N) is 1. The lowest BCUT2D eigenvalue weighted by Crippen LogP contribution is -2.36. The van der Waals surface area contributed by atoms with Crippen LogP contribution in [0.3, 0.4) is 0 Å². The summed E-state index contributed by atoms with van der Waals surface area (Å²) in [7, 11) is -5.50. The molecule has 5 nitrogen and oxygen atoms in total. The van der Waals surface area contributed by atoms with E-state index in [1.807, 2.05) is 0 Å². The number of amides is 1. The number of hydrogen-bond acceptors (Lipinski definition) is 3. The fourth-order valence-corrected chi connectivity index (χ4v) is 3.13. The molecule has 1 aromatic carbocycles. The summed E-state index contributed by atoms with van der Waals surface area (Å²) in [6.07, 6.45) is 1.94. The average Bonchev–Trinajstić information content (AvgIpc) is 2.41. The number of rotatable bonds is 3. The molecule has 128 valence electrons. The summed E-state index contributed by atoms with van der Waals surface area (Å²) >= 11 is 0. The minimum atomic E-state index is -5.50. The summed E-state index contributed by atoms with van der Waals surface area (Å²) in [5.74, 6) is -0.118. The number of benzene rings is 1. The van der Waals surface area contributed by atoms with Crippen LogP contribution in [0, 0.1) is 13.8 Å². The zero-order valence-corrected chi connectivity index (χ0v) is 13.5. The van der Waals surface area contributed by atoms with Crippen LogP contribution < -0.4 is 9.62 Å². The zero-order valence-electron chi connectivity index (χ0n) is 12.7. The average molecular weight is 350 g/mol. The SMILES string of the molecule is Cc1cc(C)c(N2CCCCC2=O)cc1NS(=O)(=O)C(F)(F)F. The second-order valence-corrected chi connectivity index (χ2v) is 7.18. The van der Waals surface area contributed by atoms with Crippen LogP contribution in [0.1, 0.15) is 30.4 Å². The van der Waals surface area contributed by atoms with Gasteiger partial charge in [-0.3, -0.25) is 9.52 Å². The van der Waals surface area contributed by atoms with E-state index in [2.05, 4.69) is 0 Å². The second-order valence-electron chi connectivity index (χ2n) is 5.51. The largest absolute Gasteiger partial charge is 0.516 e. The molecule has 1 saturated heterocycles. The lowest BCUT2D eigenvalue weighted by molar-refractivity contribution is -0.119. The Morgan fingerprint density at radius 2 is 1.78 bits per heavy atom. The summed E-state index contributed by atoms with van der Waals surface area (Å²) in [5.41, 5.74) is -4.09. The van der Waals surface area contributed by atoms with Crippen molar-refractivity contribution in [2.75, 3.05) is 16.2 Å². The second kappa shape index (κ2) is 6.03. The van der Waals surface area contributed by atoms with Gasteiger partial charge in [-0.1, -0.05) is 6.07 Å². The van der Waals surface area contributed by atoms with Crippen molar-refractivity contribution in [2.24, 2.45) is 0 Å². The minimum Gasteiger partial charge on any atom is -0.312 e. The lowest BCUT2D eigenvalue weighted by Gasteiger charge is -2.29. The van der Waals surface area contributed by atoms with E-state index in [1.165, 1.54) is 17.9 Å². The molecule has 0 spiro atoms. The third-order valence-corrected chi connectivity index (χ3v) is 4.80. The van der Waals surface area contributed by atoms with Gasteiger partial charge in [-0.2, -0.15) is 21.6 Å². The van der Waals surface area contributed by atoms with E-state index in [0.717, 1.165) is 12.8 Å². The number of alkyl halides is 3. The molecule has 23 heavy (non-hydrogen) atoms. The van der Waals surface area contributed by atoms with Crippen molar-refractivity contribution >= 4 is 27.3 Å². The standard InChI is InChI=1S/C14H17F3N2O3S/c1-9-7-10(2)12(19-6-4-3-5-13(19)20)8-11(9)18-23(21,22)14(15,16)17/h7-8,18H,3-6H2,1-2H3. The van der Waals surface area contributed by atoms with Crippen LogP contribution >= 0.6 is 0 Å². The molecular weight excluding hydrogens is 333 g/mol. The molecule has 0 bridgehead atoms. The van der Waals surface area contributed by atoms with Gasteiger partial charge in [0.25, 0.3) is 0 Å². The van der Waals surface area contributed by atoms with Gasteiger partial charge in [0.2, 0.25) is 5.91 Å². The summed E-state index contributed by atoms with van der Waals surface area (Å²) in [5, 5.41) is 0. The van der Waals surface area contributed by atoms with Crippen LogP contribution in [0.5, 0.6) is 0 Å². The Balaban J connectivity index is 2.43. The Morgan fingerprint density at radius 1 is 1.13 bits per heavy atom. The van der Waals surface area contributed by atoms with Gasteiger partial charge >= 0.3 is 15.5 Å². The van der Waals surface area contributed by atoms with Crippen molar-refractivity contribution in [1.29, 1.82) is 0 Å². The highest BCUT2D eigenvalue weighted by atomic mass is 32.2. The molecule has 0 aliphatic carbocycles. The first-order valence-electron chi connectivity index (χ1n) is 7.03. The van der Waals surface area contributed by atoms with Crippen LogP contribution in [0.4, 0.5) is 24.5 Å². The number of halogens is 3. The molecule has 0 unspecified atom stereocenters. The summed E-state index contributed by atoms with van der Waals surface area (Å²) in [4.78, 5) is 13.5. The maximum Gasteiger partial charge on any atom is 0.516 e. The predicted octanol–water partition coefficient (Wildman–Crippen LogP) is 3.08. The molecule has 0 atom stereocenters. The van der Waals surface area contributed by atoms with Crippen LogP contribution in [-0.4, -0.2) is 26.4 Å². The molecule has 0 radical (unpaired) electrons. The molecule has 0 saturated carbocycles. The Bertz CT molecular complexity index is 730. The lowest BCUT2D eigenvalue weighted by atomic mass is 10.0. The quantitative estimate of drug-likeness (QED) is 0.911. The first-order valence-corrected chi connectivity index (χ1v) is 8.52. The van der Waals surface area contributed by atoms with Gasteiger partial charge in [-0.05, 0) is 43.9 Å². The van der Waals surface area contributed by atoms with Crippen molar-refractivity contribution in [3.8, 4) is 0 Å². The normalized spacial score (nSPS) is 16.6. The van der Waals surface area contributed by atoms with Crippen molar-refractivity contribution in [2.45, 2.75) is 38.6 Å². The highest BCUT2D eigenvalue weighted by Gasteiger charge is 2.46. The van der Waals surface area contributed by atoms with Gasteiger partial charge < -0.3 is 4.90 Å². The number of hydrogen-bond donors (Lipinski definition) is 1. The van der Waals surface area contributed by atoms with E-state index in [9.17, 15) is 26.4 Å². The van der Waals surface area contributed by atoms with Gasteiger partial charge in [-0.25, -0.2) is 0 Å². The van der Waals surface area contributed by atoms with E-state index in [1.54, 1.807) is 17.7 Å². The van der Waals surface area contributed by atoms with E-state index in [-0.39, 0.29) is 11.6 Å². The number of piperidine rings is 1. The maximum atomic E-state index is 12.5. The van der Waals surface area contributed by atoms with E-state index < -0.39 is 15.5 Å². The molecule has 1 heterocycles. The number of carbonyl (C=O) groups excluding carboxylic acids is 1. The number of anilines is 2. The van der Waals surface area contributed by atoms with Gasteiger partial charge in [0.15, 0.2) is 0 Å². The van der Waals surface area contributed by atoms with Crippen LogP contribution in [-0.2, 0) is 14.8 Å². The Hall–Kier alpha value is -1.77. The van der Waals surface area contributed by atoms with E-state index >= 15 is 0 Å². The first-order chi connectivity index (χ1) is 10.5. The smallest absolute Gasteiger partial charge is 0.312 e. The summed E-state index contributed by atoms with van der Waals surface area (Å²) < 4.78 is 61.7. The van der Waals surface area contributed by atoms with Crippen molar-refractivity contribution < 1.29 is 26.4 Å². The summed E-state index contributed by atoms with van der Waals surface area (Å²) in [6.45, 7) is 3.70. The first kappa shape index (κ1) is 17.6. The number of sulfonamides is 1. The fourth-order valence-electron chi connectivity index (χ4n) is 2.50. The van der Waals surface area contributed by atoms with Crippen molar-refractivity contribution in [3.63, 3.8) is 0 Å². The molecule has 1 aromatic rings. The number of aryl methyl sites for hydroxylation is 2. The van der Waals surface area contributed by atoms with Gasteiger partial charge in [-0.15, -0.1) is 0 Å². The maximum absolute atomic E-state index is 12.5. The fraction of sp³-hybridized carbons (Fsp3) is 0.500. The van der Waals surface area contributed by atoms with Gasteiger partial charge in [0.05, 0.1) is 5.69 Å². The Morgan fingerprint density at radius 3 is 2.35 bits per heavy atom. The number of nitrogens with one attached hydrogen (secondary N) is 1. The van der Waals surface area contributed by atoms with Gasteiger partial charge in [0, 0.05) is 18.7 Å². The predicted molar refractivity (Wildman–Crippen MR) is 80.7 cm³/mol. The molecule has 0 aromatic heterocycles. The molecule has 1 N–H and O–H groups in total. The molecule has 1 amide bonds. The van der Waals surface area contributed by atoms with Crippen LogP contribution in [0.25, 0.3) is 0 Å². The third-order valence-electron chi connectivity index (χ3n) is 3.71. The minimum absolute atomic E-state index is 0.118. The van der Waals surface area contributed by atoms with E-state index in [4.69, 9.17) is 0 Å². The van der Waals surface area contributed by atoms with E-state index in [0.29, 0.717) is 29.8 Å².